The van der Waals surface area contributed by atoms with E-state index in [-0.39, 0.29) is 23.7 Å². The fourth-order valence-corrected chi connectivity index (χ4v) is 3.22. The Balaban J connectivity index is 1.58. The summed E-state index contributed by atoms with van der Waals surface area (Å²) in [7, 11) is 0. The molecule has 0 heterocycles. The van der Waals surface area contributed by atoms with Gasteiger partial charge in [-0.25, -0.2) is 0 Å². The van der Waals surface area contributed by atoms with Crippen molar-refractivity contribution in [3.63, 3.8) is 0 Å². The monoisotopic (exact) mass is 376 g/mol. The first-order valence-electron chi connectivity index (χ1n) is 7.98. The van der Waals surface area contributed by atoms with E-state index in [0.29, 0.717) is 22.2 Å². The molecule has 0 radical (unpaired) electrons. The molecule has 1 aliphatic carbocycles. The number of hydrogen-bond acceptors (Lipinski definition) is 2. The maximum atomic E-state index is 12.3. The zero-order valence-corrected chi connectivity index (χ0v) is 15.4. The molecule has 0 aliphatic heterocycles. The van der Waals surface area contributed by atoms with E-state index < -0.39 is 0 Å². The van der Waals surface area contributed by atoms with Gasteiger partial charge in [0, 0.05) is 21.4 Å². The fraction of sp³-hybridized carbons (Fsp3) is 0.263. The average Bonchev–Trinajstić information content (AvgIpc) is 3.30. The normalized spacial score (nSPS) is 18.6. The Morgan fingerprint density at radius 1 is 0.840 bits per heavy atom. The zero-order chi connectivity index (χ0) is 18.1. The molecule has 0 spiro atoms. The van der Waals surface area contributed by atoms with Crippen LogP contribution >= 0.6 is 23.2 Å². The van der Waals surface area contributed by atoms with Crippen LogP contribution in [0.5, 0.6) is 0 Å². The number of aryl methyl sites for hydroxylation is 2. The molecule has 2 unspecified atom stereocenters. The van der Waals surface area contributed by atoms with Crippen LogP contribution < -0.4 is 10.6 Å². The molecule has 130 valence electrons. The number of benzene rings is 2. The Morgan fingerprint density at radius 3 is 1.96 bits per heavy atom. The summed E-state index contributed by atoms with van der Waals surface area (Å²) >= 11 is 11.8. The first-order chi connectivity index (χ1) is 11.8. The van der Waals surface area contributed by atoms with Crippen molar-refractivity contribution < 1.29 is 9.59 Å². The first-order valence-corrected chi connectivity index (χ1v) is 8.74. The van der Waals surface area contributed by atoms with Gasteiger partial charge in [-0.3, -0.25) is 9.59 Å². The lowest BCUT2D eigenvalue weighted by Gasteiger charge is -2.08. The Hall–Kier alpha value is -2.04. The quantitative estimate of drug-likeness (QED) is 0.802. The summed E-state index contributed by atoms with van der Waals surface area (Å²) in [6, 6.07) is 10.6. The van der Waals surface area contributed by atoms with E-state index in [1.165, 1.54) is 5.56 Å². The van der Waals surface area contributed by atoms with Crippen LogP contribution in [0.3, 0.4) is 0 Å². The number of amides is 2. The largest absolute Gasteiger partial charge is 0.326 e. The van der Waals surface area contributed by atoms with Gasteiger partial charge in [0.1, 0.15) is 0 Å². The summed E-state index contributed by atoms with van der Waals surface area (Å²) in [5.74, 6) is -0.966. The van der Waals surface area contributed by atoms with Crippen molar-refractivity contribution in [3.8, 4) is 0 Å². The number of carbonyl (C=O) groups excluding carboxylic acids is 2. The summed E-state index contributed by atoms with van der Waals surface area (Å²) in [6.45, 7) is 4.01. The van der Waals surface area contributed by atoms with Crippen molar-refractivity contribution in [3.05, 3.63) is 57.6 Å². The van der Waals surface area contributed by atoms with Gasteiger partial charge in [-0.2, -0.15) is 0 Å². The Kier molecular flexibility index (Phi) is 5.02. The minimum Gasteiger partial charge on any atom is -0.326 e. The minimum absolute atomic E-state index is 0.132. The van der Waals surface area contributed by atoms with Crippen LogP contribution in [0.15, 0.2) is 36.4 Å². The van der Waals surface area contributed by atoms with Gasteiger partial charge in [-0.1, -0.05) is 29.3 Å². The molecule has 0 aromatic heterocycles. The predicted octanol–water partition coefficient (Wildman–Crippen LogP) is 4.82. The van der Waals surface area contributed by atoms with E-state index in [1.807, 2.05) is 32.0 Å². The summed E-state index contributed by atoms with van der Waals surface area (Å²) < 4.78 is 0. The van der Waals surface area contributed by atoms with Crippen molar-refractivity contribution >= 4 is 46.4 Å². The molecule has 2 aromatic rings. The smallest absolute Gasteiger partial charge is 0.228 e. The Morgan fingerprint density at radius 2 is 1.40 bits per heavy atom. The molecule has 2 amide bonds. The van der Waals surface area contributed by atoms with Gasteiger partial charge in [0.2, 0.25) is 11.8 Å². The second-order valence-electron chi connectivity index (χ2n) is 6.38. The molecular weight excluding hydrogens is 359 g/mol. The zero-order valence-electron chi connectivity index (χ0n) is 13.9. The van der Waals surface area contributed by atoms with E-state index in [1.54, 1.807) is 18.2 Å². The molecule has 6 heteroatoms. The SMILES string of the molecule is Cc1ccc(NC(=O)C2CC2C(=O)Nc2cc(Cl)cc(Cl)c2)cc1C. The van der Waals surface area contributed by atoms with E-state index in [0.717, 1.165) is 11.3 Å². The number of hydrogen-bond donors (Lipinski definition) is 2. The average molecular weight is 377 g/mol. The predicted molar refractivity (Wildman–Crippen MR) is 101 cm³/mol. The number of halogens is 2. The summed E-state index contributed by atoms with van der Waals surface area (Å²) in [4.78, 5) is 24.6. The third-order valence-electron chi connectivity index (χ3n) is 4.37. The van der Waals surface area contributed by atoms with Gasteiger partial charge >= 0.3 is 0 Å². The molecule has 1 fully saturated rings. The van der Waals surface area contributed by atoms with Crippen LogP contribution in [0.25, 0.3) is 0 Å². The van der Waals surface area contributed by atoms with Crippen molar-refractivity contribution in [1.29, 1.82) is 0 Å². The molecule has 1 saturated carbocycles. The van der Waals surface area contributed by atoms with Gasteiger partial charge in [-0.15, -0.1) is 0 Å². The lowest BCUT2D eigenvalue weighted by Crippen LogP contribution is -2.20. The topological polar surface area (TPSA) is 58.2 Å². The minimum atomic E-state index is -0.329. The molecule has 2 aromatic carbocycles. The molecule has 1 aliphatic rings. The molecule has 3 rings (SSSR count). The fourth-order valence-electron chi connectivity index (χ4n) is 2.69. The van der Waals surface area contributed by atoms with E-state index in [4.69, 9.17) is 23.2 Å². The van der Waals surface area contributed by atoms with E-state index >= 15 is 0 Å². The Bertz CT molecular complexity index is 831. The van der Waals surface area contributed by atoms with Gasteiger partial charge in [0.05, 0.1) is 11.8 Å². The van der Waals surface area contributed by atoms with E-state index in [9.17, 15) is 9.59 Å². The van der Waals surface area contributed by atoms with Crippen LogP contribution in [0, 0.1) is 25.7 Å². The molecule has 2 N–H and O–H groups in total. The summed E-state index contributed by atoms with van der Waals surface area (Å²) in [5, 5.41) is 6.53. The van der Waals surface area contributed by atoms with Crippen molar-refractivity contribution in [1.82, 2.24) is 0 Å². The molecule has 4 nitrogen and oxygen atoms in total. The number of rotatable bonds is 4. The standard InChI is InChI=1S/C19H18Cl2N2O2/c1-10-3-4-14(5-11(10)2)22-18(24)16-9-17(16)19(25)23-15-7-12(20)6-13(21)8-15/h3-8,16-17H,9H2,1-2H3,(H,22,24)(H,23,25). The Labute approximate surface area is 156 Å². The van der Waals surface area contributed by atoms with Gasteiger partial charge in [0.25, 0.3) is 0 Å². The van der Waals surface area contributed by atoms with Crippen LogP contribution in [0.4, 0.5) is 11.4 Å². The lowest BCUT2D eigenvalue weighted by molar-refractivity contribution is -0.122. The molecular formula is C19H18Cl2N2O2. The highest BCUT2D eigenvalue weighted by molar-refractivity contribution is 6.35. The van der Waals surface area contributed by atoms with Crippen molar-refractivity contribution in [2.45, 2.75) is 20.3 Å². The van der Waals surface area contributed by atoms with Crippen LogP contribution in [-0.2, 0) is 9.59 Å². The number of carbonyl (C=O) groups is 2. The van der Waals surface area contributed by atoms with Crippen molar-refractivity contribution in [2.24, 2.45) is 11.8 Å². The van der Waals surface area contributed by atoms with Crippen LogP contribution in [0.1, 0.15) is 17.5 Å². The van der Waals surface area contributed by atoms with Gasteiger partial charge in [-0.05, 0) is 61.7 Å². The second kappa shape index (κ2) is 7.06. The first kappa shape index (κ1) is 17.8. The molecule has 25 heavy (non-hydrogen) atoms. The highest BCUT2D eigenvalue weighted by Gasteiger charge is 2.48. The molecule has 0 bridgehead atoms. The van der Waals surface area contributed by atoms with E-state index in [2.05, 4.69) is 10.6 Å². The summed E-state index contributed by atoms with van der Waals surface area (Å²) in [6.07, 6.45) is 0.539. The third-order valence-corrected chi connectivity index (χ3v) is 4.80. The van der Waals surface area contributed by atoms with Crippen LogP contribution in [-0.4, -0.2) is 11.8 Å². The van der Waals surface area contributed by atoms with Crippen molar-refractivity contribution in [2.75, 3.05) is 10.6 Å². The van der Waals surface area contributed by atoms with Gasteiger partial charge in [0.15, 0.2) is 0 Å². The molecule has 0 saturated heterocycles. The second-order valence-corrected chi connectivity index (χ2v) is 7.26. The van der Waals surface area contributed by atoms with Gasteiger partial charge < -0.3 is 10.6 Å². The molecule has 2 atom stereocenters. The maximum Gasteiger partial charge on any atom is 0.228 e. The highest BCUT2D eigenvalue weighted by atomic mass is 35.5. The number of nitrogens with one attached hydrogen (secondary N) is 2. The third kappa shape index (κ3) is 4.33. The lowest BCUT2D eigenvalue weighted by atomic mass is 10.1. The highest BCUT2D eigenvalue weighted by Crippen LogP contribution is 2.40. The summed E-state index contributed by atoms with van der Waals surface area (Å²) in [5.41, 5.74) is 3.56. The number of anilines is 2. The maximum absolute atomic E-state index is 12.3. The van der Waals surface area contributed by atoms with Crippen LogP contribution in [0.2, 0.25) is 10.0 Å².